The van der Waals surface area contributed by atoms with E-state index in [-0.39, 0.29) is 18.2 Å². The highest BCUT2D eigenvalue weighted by Gasteiger charge is 2.38. The first kappa shape index (κ1) is 28.2. The molecule has 3 fully saturated rings. The van der Waals surface area contributed by atoms with Crippen LogP contribution in [-0.2, 0) is 9.47 Å². The minimum atomic E-state index is -0.477. The second-order valence-electron chi connectivity index (χ2n) is 12.3. The van der Waals surface area contributed by atoms with Crippen LogP contribution in [0.2, 0.25) is 0 Å². The fourth-order valence-electron chi connectivity index (χ4n) is 5.77. The lowest BCUT2D eigenvalue weighted by molar-refractivity contribution is -0.0200. The second-order valence-corrected chi connectivity index (χ2v) is 12.3. The molecule has 0 unspecified atom stereocenters. The van der Waals surface area contributed by atoms with E-state index in [1.807, 2.05) is 45.0 Å². The molecule has 0 aliphatic carbocycles. The van der Waals surface area contributed by atoms with Gasteiger partial charge in [-0.3, -0.25) is 4.90 Å². The van der Waals surface area contributed by atoms with E-state index in [1.165, 1.54) is 0 Å². The van der Waals surface area contributed by atoms with Gasteiger partial charge in [-0.1, -0.05) is 12.1 Å². The minimum absolute atomic E-state index is 0.121. The largest absolute Gasteiger partial charge is 0.444 e. The van der Waals surface area contributed by atoms with Crippen LogP contribution >= 0.6 is 0 Å². The van der Waals surface area contributed by atoms with Crippen LogP contribution < -0.4 is 15.5 Å². The second kappa shape index (κ2) is 11.8. The molecule has 3 aliphatic heterocycles. The van der Waals surface area contributed by atoms with Crippen molar-refractivity contribution in [1.82, 2.24) is 30.1 Å². The number of anilines is 2. The quantitative estimate of drug-likeness (QED) is 0.420. The molecule has 1 aromatic carbocycles. The molecule has 224 valence electrons. The molecule has 3 aliphatic rings. The van der Waals surface area contributed by atoms with Gasteiger partial charge in [0.1, 0.15) is 23.4 Å². The molecule has 12 nitrogen and oxygen atoms in total. The van der Waals surface area contributed by atoms with E-state index >= 15 is 0 Å². The number of morpholine rings is 1. The number of nitrogens with zero attached hydrogens (tertiary/aromatic N) is 5. The van der Waals surface area contributed by atoms with Gasteiger partial charge in [-0.2, -0.15) is 0 Å². The smallest absolute Gasteiger partial charge is 0.410 e. The van der Waals surface area contributed by atoms with Crippen molar-refractivity contribution >= 4 is 34.7 Å². The molecule has 2 aromatic heterocycles. The molecular formula is C30H40N8O4. The highest BCUT2D eigenvalue weighted by Crippen LogP contribution is 2.30. The number of amides is 3. The summed E-state index contributed by atoms with van der Waals surface area (Å²) < 4.78 is 10.9. The molecule has 3 saturated heterocycles. The summed E-state index contributed by atoms with van der Waals surface area (Å²) in [4.78, 5) is 43.7. The van der Waals surface area contributed by atoms with Gasteiger partial charge in [-0.15, -0.1) is 0 Å². The number of nitrogens with one attached hydrogen (secondary N) is 3. The molecule has 0 saturated carbocycles. The van der Waals surface area contributed by atoms with E-state index < -0.39 is 5.60 Å². The van der Waals surface area contributed by atoms with Crippen molar-refractivity contribution in [3.05, 3.63) is 36.7 Å². The molecular weight excluding hydrogens is 536 g/mol. The highest BCUT2D eigenvalue weighted by molar-refractivity contribution is 5.93. The standard InChI is InChI=1S/C30H40N8O4/c1-30(2,3)42-29(40)38-17-23(18-38)36-10-8-22(9-11-36)34-28(39)33-21-6-4-20(5-7-21)25-16-24-26(35-25)31-19-32-27(24)37-12-14-41-15-13-37/h4-7,16,19,22-23H,8-15,17-18H2,1-3H3,(H,31,32,35)(H2,33,34,39). The molecule has 0 atom stereocenters. The van der Waals surface area contributed by atoms with Crippen molar-refractivity contribution in [2.75, 3.05) is 62.7 Å². The van der Waals surface area contributed by atoms with Crippen LogP contribution in [0, 0.1) is 0 Å². The average Bonchev–Trinajstić information content (AvgIpc) is 3.38. The Morgan fingerprint density at radius 2 is 1.74 bits per heavy atom. The molecule has 3 N–H and O–H groups in total. The number of H-pyrrole nitrogens is 1. The van der Waals surface area contributed by atoms with Crippen LogP contribution in [0.15, 0.2) is 36.7 Å². The van der Waals surface area contributed by atoms with E-state index in [0.717, 1.165) is 72.8 Å². The van der Waals surface area contributed by atoms with Crippen LogP contribution in [0.4, 0.5) is 21.1 Å². The number of rotatable bonds is 5. The van der Waals surface area contributed by atoms with Crippen LogP contribution in [0.1, 0.15) is 33.6 Å². The van der Waals surface area contributed by atoms with Gasteiger partial charge in [0, 0.05) is 62.7 Å². The average molecular weight is 577 g/mol. The van der Waals surface area contributed by atoms with Gasteiger partial charge in [0.15, 0.2) is 0 Å². The number of aromatic amines is 1. The lowest BCUT2D eigenvalue weighted by Gasteiger charge is -2.47. The third-order valence-corrected chi connectivity index (χ3v) is 8.06. The van der Waals surface area contributed by atoms with Gasteiger partial charge in [-0.05, 0) is 57.4 Å². The third kappa shape index (κ3) is 6.44. The van der Waals surface area contributed by atoms with Crippen molar-refractivity contribution in [2.24, 2.45) is 0 Å². The Balaban J connectivity index is 0.973. The van der Waals surface area contributed by atoms with E-state index in [4.69, 9.17) is 9.47 Å². The summed E-state index contributed by atoms with van der Waals surface area (Å²) in [6.07, 6.45) is 3.11. The summed E-state index contributed by atoms with van der Waals surface area (Å²) in [5.41, 5.74) is 3.00. The van der Waals surface area contributed by atoms with Crippen molar-refractivity contribution in [3.8, 4) is 11.3 Å². The van der Waals surface area contributed by atoms with Crippen LogP contribution in [0.25, 0.3) is 22.3 Å². The maximum atomic E-state index is 12.7. The summed E-state index contributed by atoms with van der Waals surface area (Å²) in [6.45, 7) is 11.8. The summed E-state index contributed by atoms with van der Waals surface area (Å²) in [5, 5.41) is 7.07. The maximum Gasteiger partial charge on any atom is 0.410 e. The van der Waals surface area contributed by atoms with Crippen LogP contribution in [-0.4, -0.2) is 107 Å². The molecule has 0 bridgehead atoms. The molecule has 12 heteroatoms. The number of carbonyl (C=O) groups excluding carboxylic acids is 2. The lowest BCUT2D eigenvalue weighted by Crippen LogP contribution is -2.63. The molecule has 0 spiro atoms. The Labute approximate surface area is 245 Å². The number of likely N-dealkylation sites (tertiary alicyclic amines) is 2. The summed E-state index contributed by atoms with van der Waals surface area (Å²) >= 11 is 0. The maximum absolute atomic E-state index is 12.7. The number of piperidine rings is 1. The fourth-order valence-corrected chi connectivity index (χ4v) is 5.77. The predicted octanol–water partition coefficient (Wildman–Crippen LogP) is 3.67. The van der Waals surface area contributed by atoms with Crippen LogP contribution in [0.5, 0.6) is 0 Å². The third-order valence-electron chi connectivity index (χ3n) is 8.06. The topological polar surface area (TPSA) is 128 Å². The van der Waals surface area contributed by atoms with E-state index in [2.05, 4.69) is 41.5 Å². The number of aromatic nitrogens is 3. The number of hydrogen-bond acceptors (Lipinski definition) is 8. The molecule has 3 amide bonds. The number of ether oxygens (including phenoxy) is 2. The first-order valence-electron chi connectivity index (χ1n) is 14.8. The van der Waals surface area contributed by atoms with Crippen molar-refractivity contribution in [1.29, 1.82) is 0 Å². The summed E-state index contributed by atoms with van der Waals surface area (Å²) in [5.74, 6) is 0.919. The van der Waals surface area contributed by atoms with E-state index in [1.54, 1.807) is 11.2 Å². The molecule has 6 rings (SSSR count). The SMILES string of the molecule is CC(C)(C)OC(=O)N1CC(N2CCC(NC(=O)Nc3ccc(-c4cc5c(N6CCOCC6)ncnc5[nH]4)cc3)CC2)C1. The van der Waals surface area contributed by atoms with E-state index in [9.17, 15) is 9.59 Å². The monoisotopic (exact) mass is 576 g/mol. The van der Waals surface area contributed by atoms with Crippen LogP contribution in [0.3, 0.4) is 0 Å². The number of carbonyl (C=O) groups is 2. The first-order chi connectivity index (χ1) is 20.2. The minimum Gasteiger partial charge on any atom is -0.444 e. The van der Waals surface area contributed by atoms with Crippen molar-refractivity contribution in [2.45, 2.75) is 51.3 Å². The van der Waals surface area contributed by atoms with Gasteiger partial charge in [0.2, 0.25) is 0 Å². The zero-order valence-corrected chi connectivity index (χ0v) is 24.6. The number of benzene rings is 1. The summed E-state index contributed by atoms with van der Waals surface area (Å²) in [7, 11) is 0. The fraction of sp³-hybridized carbons (Fsp3) is 0.533. The van der Waals surface area contributed by atoms with Gasteiger partial charge in [-0.25, -0.2) is 19.6 Å². The summed E-state index contributed by atoms with van der Waals surface area (Å²) in [6, 6.07) is 10.2. The van der Waals surface area contributed by atoms with Gasteiger partial charge in [0.05, 0.1) is 18.6 Å². The number of urea groups is 1. The number of fused-ring (bicyclic) bond motifs is 1. The Morgan fingerprint density at radius 3 is 2.43 bits per heavy atom. The Morgan fingerprint density at radius 1 is 1.02 bits per heavy atom. The van der Waals surface area contributed by atoms with Gasteiger partial charge < -0.3 is 34.9 Å². The molecule has 3 aromatic rings. The van der Waals surface area contributed by atoms with E-state index in [0.29, 0.717) is 32.3 Å². The Kier molecular flexibility index (Phi) is 7.91. The van der Waals surface area contributed by atoms with Gasteiger partial charge in [0.25, 0.3) is 0 Å². The lowest BCUT2D eigenvalue weighted by atomic mass is 10.00. The normalized spacial score (nSPS) is 19.0. The van der Waals surface area contributed by atoms with Crippen molar-refractivity contribution < 1.29 is 19.1 Å². The molecule has 0 radical (unpaired) electrons. The molecule has 5 heterocycles. The zero-order valence-electron chi connectivity index (χ0n) is 24.6. The zero-order chi connectivity index (χ0) is 29.3. The van der Waals surface area contributed by atoms with Gasteiger partial charge >= 0.3 is 12.1 Å². The first-order valence-corrected chi connectivity index (χ1v) is 14.8. The highest BCUT2D eigenvalue weighted by atomic mass is 16.6. The Bertz CT molecular complexity index is 1400. The number of hydrogen-bond donors (Lipinski definition) is 3. The Hall–Kier alpha value is -3.90. The predicted molar refractivity (Wildman–Crippen MR) is 161 cm³/mol. The molecule has 42 heavy (non-hydrogen) atoms. The van der Waals surface area contributed by atoms with Crippen molar-refractivity contribution in [3.63, 3.8) is 0 Å².